The molecule has 3 aromatic rings. The average Bonchev–Trinajstić information content (AvgIpc) is 2.63. The van der Waals surface area contributed by atoms with Crippen molar-refractivity contribution in [2.45, 2.75) is 0 Å². The molecule has 0 saturated carbocycles. The zero-order chi connectivity index (χ0) is 18.8. The fourth-order valence-electron chi connectivity index (χ4n) is 2.56. The van der Waals surface area contributed by atoms with Crippen LogP contribution < -0.4 is 10.1 Å². The van der Waals surface area contributed by atoms with E-state index in [1.165, 1.54) is 25.3 Å². The van der Waals surface area contributed by atoms with E-state index in [1.54, 1.807) is 6.07 Å². The Morgan fingerprint density at radius 2 is 1.96 bits per heavy atom. The maximum absolute atomic E-state index is 12.8. The molecule has 0 bridgehead atoms. The van der Waals surface area contributed by atoms with E-state index in [0.29, 0.717) is 10.2 Å². The second-order valence-electron chi connectivity index (χ2n) is 5.37. The second kappa shape index (κ2) is 7.31. The summed E-state index contributed by atoms with van der Waals surface area (Å²) in [6.45, 7) is 0. The molecule has 0 heterocycles. The monoisotopic (exact) mass is 434 g/mol. The molecule has 0 saturated heterocycles. The van der Waals surface area contributed by atoms with Crippen molar-refractivity contribution >= 4 is 55.6 Å². The maximum atomic E-state index is 12.8. The number of amides is 1. The average molecular weight is 436 g/mol. The summed E-state index contributed by atoms with van der Waals surface area (Å²) >= 11 is 9.53. The van der Waals surface area contributed by atoms with Gasteiger partial charge in [0.1, 0.15) is 5.75 Å². The fourth-order valence-corrected chi connectivity index (χ4v) is 3.47. The smallest absolute Gasteiger partial charge is 0.271 e. The van der Waals surface area contributed by atoms with Crippen LogP contribution in [0.5, 0.6) is 5.75 Å². The molecule has 0 spiro atoms. The van der Waals surface area contributed by atoms with Crippen molar-refractivity contribution in [2.24, 2.45) is 0 Å². The van der Waals surface area contributed by atoms with Crippen LogP contribution in [-0.2, 0) is 0 Å². The number of rotatable bonds is 4. The molecule has 6 nitrogen and oxygen atoms in total. The molecule has 8 heteroatoms. The largest absolute Gasteiger partial charge is 0.495 e. The third kappa shape index (κ3) is 3.36. The number of fused-ring (bicyclic) bond motifs is 1. The van der Waals surface area contributed by atoms with Crippen LogP contribution in [0.2, 0.25) is 5.02 Å². The number of halogens is 2. The summed E-state index contributed by atoms with van der Waals surface area (Å²) in [6.07, 6.45) is 0. The zero-order valence-corrected chi connectivity index (χ0v) is 15.8. The molecule has 0 unspecified atom stereocenters. The number of hydrogen-bond acceptors (Lipinski definition) is 4. The van der Waals surface area contributed by atoms with E-state index in [1.807, 2.05) is 24.3 Å². The Morgan fingerprint density at radius 3 is 2.65 bits per heavy atom. The topological polar surface area (TPSA) is 81.5 Å². The molecular formula is C18H12BrClN2O4. The molecule has 3 rings (SSSR count). The normalized spacial score (nSPS) is 10.6. The molecule has 1 N–H and O–H groups in total. The molecule has 0 aliphatic rings. The molecule has 0 atom stereocenters. The highest BCUT2D eigenvalue weighted by Gasteiger charge is 2.20. The maximum Gasteiger partial charge on any atom is 0.271 e. The number of nitro groups is 1. The first-order valence-corrected chi connectivity index (χ1v) is 8.60. The molecule has 26 heavy (non-hydrogen) atoms. The summed E-state index contributed by atoms with van der Waals surface area (Å²) in [4.78, 5) is 23.2. The van der Waals surface area contributed by atoms with Crippen molar-refractivity contribution in [3.63, 3.8) is 0 Å². The summed E-state index contributed by atoms with van der Waals surface area (Å²) in [5, 5.41) is 15.5. The van der Waals surface area contributed by atoms with Crippen molar-refractivity contribution in [1.82, 2.24) is 0 Å². The van der Waals surface area contributed by atoms with Gasteiger partial charge in [0.05, 0.1) is 32.8 Å². The Morgan fingerprint density at radius 1 is 1.23 bits per heavy atom. The van der Waals surface area contributed by atoms with Crippen molar-refractivity contribution in [2.75, 3.05) is 12.4 Å². The highest BCUT2D eigenvalue weighted by Crippen LogP contribution is 2.37. The Bertz CT molecular complexity index is 1040. The first kappa shape index (κ1) is 18.2. The van der Waals surface area contributed by atoms with Crippen LogP contribution in [0, 0.1) is 10.1 Å². The van der Waals surface area contributed by atoms with Gasteiger partial charge in [0.15, 0.2) is 0 Å². The van der Waals surface area contributed by atoms with Gasteiger partial charge in [-0.1, -0.05) is 35.9 Å². The number of non-ortho nitro benzene ring substituents is 1. The van der Waals surface area contributed by atoms with Crippen LogP contribution in [-0.4, -0.2) is 17.9 Å². The molecule has 132 valence electrons. The number of benzene rings is 3. The van der Waals surface area contributed by atoms with E-state index >= 15 is 0 Å². The van der Waals surface area contributed by atoms with Crippen LogP contribution in [0.4, 0.5) is 11.4 Å². The SMILES string of the molecule is COc1c(C(=O)Nc2cc([N+](=O)[O-])ccc2Cl)cc2ccccc2c1Br. The minimum Gasteiger partial charge on any atom is -0.495 e. The molecule has 0 fully saturated rings. The minimum atomic E-state index is -0.556. The molecule has 0 aliphatic heterocycles. The van der Waals surface area contributed by atoms with Crippen LogP contribution in [0.3, 0.4) is 0 Å². The van der Waals surface area contributed by atoms with Gasteiger partial charge in [0, 0.05) is 12.1 Å². The van der Waals surface area contributed by atoms with Crippen molar-refractivity contribution in [3.8, 4) is 5.75 Å². The highest BCUT2D eigenvalue weighted by molar-refractivity contribution is 9.10. The van der Waals surface area contributed by atoms with Crippen molar-refractivity contribution in [3.05, 3.63) is 73.7 Å². The van der Waals surface area contributed by atoms with Crippen molar-refractivity contribution < 1.29 is 14.5 Å². The second-order valence-corrected chi connectivity index (χ2v) is 6.57. The number of nitro benzene ring substituents is 1. The Hall–Kier alpha value is -2.64. The molecular weight excluding hydrogens is 424 g/mol. The minimum absolute atomic E-state index is 0.150. The number of ether oxygens (including phenoxy) is 1. The Labute approximate surface area is 162 Å². The lowest BCUT2D eigenvalue weighted by Crippen LogP contribution is -2.14. The van der Waals surface area contributed by atoms with Gasteiger partial charge in [-0.25, -0.2) is 0 Å². The predicted octanol–water partition coefficient (Wildman–Crippen LogP) is 5.42. The van der Waals surface area contributed by atoms with Gasteiger partial charge in [0.25, 0.3) is 11.6 Å². The lowest BCUT2D eigenvalue weighted by Gasteiger charge is -2.14. The summed E-state index contributed by atoms with van der Waals surface area (Å²) in [5.41, 5.74) is 0.259. The molecule has 1 amide bonds. The van der Waals surface area contributed by atoms with Crippen molar-refractivity contribution in [1.29, 1.82) is 0 Å². The number of nitrogens with zero attached hydrogens (tertiary/aromatic N) is 1. The number of carbonyl (C=O) groups is 1. The van der Waals surface area contributed by atoms with Gasteiger partial charge < -0.3 is 10.1 Å². The van der Waals surface area contributed by atoms with Gasteiger partial charge in [-0.2, -0.15) is 0 Å². The van der Waals surface area contributed by atoms with E-state index in [9.17, 15) is 14.9 Å². The molecule has 3 aromatic carbocycles. The summed E-state index contributed by atoms with van der Waals surface area (Å²) < 4.78 is 6.03. The first-order valence-electron chi connectivity index (χ1n) is 7.43. The van der Waals surface area contributed by atoms with Gasteiger partial charge in [-0.05, 0) is 38.8 Å². The van der Waals surface area contributed by atoms with Gasteiger partial charge in [0.2, 0.25) is 0 Å². The number of anilines is 1. The van der Waals surface area contributed by atoms with E-state index in [0.717, 1.165) is 10.8 Å². The zero-order valence-electron chi connectivity index (χ0n) is 13.5. The number of methoxy groups -OCH3 is 1. The number of carbonyl (C=O) groups excluding carboxylic acids is 1. The third-order valence-electron chi connectivity index (χ3n) is 3.80. The van der Waals surface area contributed by atoms with E-state index in [2.05, 4.69) is 21.2 Å². The molecule has 0 radical (unpaired) electrons. The number of hydrogen-bond donors (Lipinski definition) is 1. The Balaban J connectivity index is 2.06. The standard InChI is InChI=1S/C18H12BrClN2O4/c1-26-17-13(8-10-4-2-3-5-12(10)16(17)19)18(23)21-15-9-11(22(24)25)6-7-14(15)20/h2-9H,1H3,(H,21,23). The van der Waals surface area contributed by atoms with Gasteiger partial charge >= 0.3 is 0 Å². The molecule has 0 aromatic heterocycles. The fraction of sp³-hybridized carbons (Fsp3) is 0.0556. The van der Waals surface area contributed by atoms with E-state index in [-0.39, 0.29) is 22.0 Å². The van der Waals surface area contributed by atoms with Gasteiger partial charge in [-0.15, -0.1) is 0 Å². The first-order chi connectivity index (χ1) is 12.4. The summed E-state index contributed by atoms with van der Waals surface area (Å²) in [5.74, 6) is -0.126. The predicted molar refractivity (Wildman–Crippen MR) is 104 cm³/mol. The number of nitrogens with one attached hydrogen (secondary N) is 1. The van der Waals surface area contributed by atoms with Gasteiger partial charge in [-0.3, -0.25) is 14.9 Å². The van der Waals surface area contributed by atoms with Crippen LogP contribution in [0.25, 0.3) is 10.8 Å². The lowest BCUT2D eigenvalue weighted by molar-refractivity contribution is -0.384. The summed E-state index contributed by atoms with van der Waals surface area (Å²) in [7, 11) is 1.46. The van der Waals surface area contributed by atoms with Crippen LogP contribution in [0.15, 0.2) is 53.0 Å². The molecule has 0 aliphatic carbocycles. The third-order valence-corrected chi connectivity index (χ3v) is 4.92. The van der Waals surface area contributed by atoms with E-state index in [4.69, 9.17) is 16.3 Å². The van der Waals surface area contributed by atoms with Crippen LogP contribution >= 0.6 is 27.5 Å². The Kier molecular flexibility index (Phi) is 5.11. The quantitative estimate of drug-likeness (QED) is 0.438. The lowest BCUT2D eigenvalue weighted by atomic mass is 10.0. The highest BCUT2D eigenvalue weighted by atomic mass is 79.9. The summed E-state index contributed by atoms with van der Waals surface area (Å²) in [6, 6.07) is 13.1. The van der Waals surface area contributed by atoms with E-state index < -0.39 is 10.8 Å². The van der Waals surface area contributed by atoms with Crippen LogP contribution in [0.1, 0.15) is 10.4 Å².